The lowest BCUT2D eigenvalue weighted by atomic mass is 9.76. The molecule has 3 rings (SSSR count). The lowest BCUT2D eigenvalue weighted by molar-refractivity contribution is 0.00204. The molecule has 1 saturated heterocycles. The van der Waals surface area contributed by atoms with Gasteiger partial charge in [-0.3, -0.25) is 0 Å². The quantitative estimate of drug-likeness (QED) is 0.853. The molecule has 4 nitrogen and oxygen atoms in total. The SMILES string of the molecule is CCCc1cnc(N2CCC[C@@]3(CCC[C@H]3OC)C2)nc1. The van der Waals surface area contributed by atoms with Crippen molar-refractivity contribution in [3.05, 3.63) is 18.0 Å². The fraction of sp³-hybridized carbons (Fsp3) is 0.765. The molecule has 21 heavy (non-hydrogen) atoms. The molecule has 4 heteroatoms. The zero-order valence-electron chi connectivity index (χ0n) is 13.3. The Morgan fingerprint density at radius 2 is 2.05 bits per heavy atom. The third-order valence-electron chi connectivity index (χ3n) is 5.23. The minimum absolute atomic E-state index is 0.332. The molecule has 0 N–H and O–H groups in total. The van der Waals surface area contributed by atoms with Crippen LogP contribution in [-0.4, -0.2) is 36.3 Å². The molecule has 0 amide bonds. The monoisotopic (exact) mass is 289 g/mol. The molecule has 2 aliphatic rings. The number of aromatic nitrogens is 2. The minimum Gasteiger partial charge on any atom is -0.381 e. The Morgan fingerprint density at radius 1 is 1.29 bits per heavy atom. The van der Waals surface area contributed by atoms with Crippen LogP contribution in [0.5, 0.6) is 0 Å². The summed E-state index contributed by atoms with van der Waals surface area (Å²) in [4.78, 5) is 11.6. The van der Waals surface area contributed by atoms with Crippen LogP contribution in [0.3, 0.4) is 0 Å². The summed E-state index contributed by atoms with van der Waals surface area (Å²) in [6.45, 7) is 4.32. The molecule has 1 aromatic rings. The van der Waals surface area contributed by atoms with Gasteiger partial charge in [0.2, 0.25) is 5.95 Å². The minimum atomic E-state index is 0.332. The normalized spacial score (nSPS) is 29.2. The van der Waals surface area contributed by atoms with Crippen molar-refractivity contribution in [1.82, 2.24) is 9.97 Å². The van der Waals surface area contributed by atoms with Gasteiger partial charge in [-0.25, -0.2) is 9.97 Å². The van der Waals surface area contributed by atoms with E-state index >= 15 is 0 Å². The van der Waals surface area contributed by atoms with Crippen LogP contribution in [0.4, 0.5) is 5.95 Å². The van der Waals surface area contributed by atoms with Gasteiger partial charge in [0.05, 0.1) is 6.10 Å². The van der Waals surface area contributed by atoms with Gasteiger partial charge in [-0.15, -0.1) is 0 Å². The maximum Gasteiger partial charge on any atom is 0.225 e. The topological polar surface area (TPSA) is 38.2 Å². The number of rotatable bonds is 4. The first-order valence-electron chi connectivity index (χ1n) is 8.36. The van der Waals surface area contributed by atoms with Crippen LogP contribution in [-0.2, 0) is 11.2 Å². The van der Waals surface area contributed by atoms with Gasteiger partial charge in [0.25, 0.3) is 0 Å². The van der Waals surface area contributed by atoms with Gasteiger partial charge in [-0.1, -0.05) is 19.8 Å². The Morgan fingerprint density at radius 3 is 2.76 bits per heavy atom. The molecule has 0 radical (unpaired) electrons. The van der Waals surface area contributed by atoms with Crippen molar-refractivity contribution in [2.45, 2.75) is 58.0 Å². The maximum absolute atomic E-state index is 5.77. The van der Waals surface area contributed by atoms with Gasteiger partial charge in [0.1, 0.15) is 0 Å². The maximum atomic E-state index is 5.77. The predicted octanol–water partition coefficient (Wildman–Crippen LogP) is 3.21. The van der Waals surface area contributed by atoms with E-state index in [2.05, 4.69) is 21.8 Å². The molecule has 116 valence electrons. The molecule has 1 aliphatic carbocycles. The second-order valence-electron chi connectivity index (χ2n) is 6.65. The number of piperidine rings is 1. The Bertz CT molecular complexity index is 462. The first-order chi connectivity index (χ1) is 10.3. The highest BCUT2D eigenvalue weighted by Gasteiger charge is 2.46. The van der Waals surface area contributed by atoms with E-state index in [1.54, 1.807) is 0 Å². The fourth-order valence-electron chi connectivity index (χ4n) is 4.20. The highest BCUT2D eigenvalue weighted by Crippen LogP contribution is 2.46. The zero-order chi connectivity index (χ0) is 14.7. The third-order valence-corrected chi connectivity index (χ3v) is 5.23. The van der Waals surface area contributed by atoms with Gasteiger partial charge in [0.15, 0.2) is 0 Å². The van der Waals surface area contributed by atoms with Crippen LogP contribution < -0.4 is 4.90 Å². The Kier molecular flexibility index (Phi) is 4.43. The fourth-order valence-corrected chi connectivity index (χ4v) is 4.20. The standard InChI is InChI=1S/C17H27N3O/c1-3-6-14-11-18-16(19-12-14)20-10-5-9-17(13-20)8-4-7-15(17)21-2/h11-12,15H,3-10,13H2,1-2H3/t15-,17+/m1/s1. The van der Waals surface area contributed by atoms with Gasteiger partial charge in [-0.05, 0) is 37.7 Å². The van der Waals surface area contributed by atoms with E-state index in [1.165, 1.54) is 37.7 Å². The van der Waals surface area contributed by atoms with Crippen molar-refractivity contribution >= 4 is 5.95 Å². The first kappa shape index (κ1) is 14.8. The van der Waals surface area contributed by atoms with Crippen LogP contribution in [0.25, 0.3) is 0 Å². The van der Waals surface area contributed by atoms with Crippen LogP contribution >= 0.6 is 0 Å². The van der Waals surface area contributed by atoms with E-state index < -0.39 is 0 Å². The predicted molar refractivity (Wildman–Crippen MR) is 84.6 cm³/mol. The van der Waals surface area contributed by atoms with Crippen molar-refractivity contribution in [3.63, 3.8) is 0 Å². The van der Waals surface area contributed by atoms with Gasteiger partial charge in [-0.2, -0.15) is 0 Å². The molecule has 1 spiro atoms. The molecule has 0 bridgehead atoms. The second kappa shape index (κ2) is 6.30. The van der Waals surface area contributed by atoms with Crippen LogP contribution in [0, 0.1) is 5.41 Å². The summed E-state index contributed by atoms with van der Waals surface area (Å²) >= 11 is 0. The number of hydrogen-bond donors (Lipinski definition) is 0. The lowest BCUT2D eigenvalue weighted by Gasteiger charge is -2.43. The van der Waals surface area contributed by atoms with Gasteiger partial charge < -0.3 is 9.64 Å². The van der Waals surface area contributed by atoms with E-state index in [0.717, 1.165) is 31.9 Å². The van der Waals surface area contributed by atoms with Crippen molar-refractivity contribution in [3.8, 4) is 0 Å². The highest BCUT2D eigenvalue weighted by molar-refractivity contribution is 5.32. The molecular weight excluding hydrogens is 262 g/mol. The van der Waals surface area contributed by atoms with Gasteiger partial charge >= 0.3 is 0 Å². The molecule has 1 saturated carbocycles. The third kappa shape index (κ3) is 2.91. The summed E-state index contributed by atoms with van der Waals surface area (Å²) in [5.41, 5.74) is 1.57. The van der Waals surface area contributed by atoms with Crippen molar-refractivity contribution in [2.75, 3.05) is 25.1 Å². The number of methoxy groups -OCH3 is 1. The molecule has 2 fully saturated rings. The van der Waals surface area contributed by atoms with E-state index in [1.807, 2.05) is 19.5 Å². The van der Waals surface area contributed by atoms with Crippen LogP contribution in [0.2, 0.25) is 0 Å². The summed E-state index contributed by atoms with van der Waals surface area (Å²) in [5, 5.41) is 0. The molecule has 2 heterocycles. The van der Waals surface area contributed by atoms with E-state index in [4.69, 9.17) is 4.74 Å². The van der Waals surface area contributed by atoms with E-state index in [0.29, 0.717) is 11.5 Å². The summed E-state index contributed by atoms with van der Waals surface area (Å²) in [5.74, 6) is 0.899. The Hall–Kier alpha value is -1.16. The first-order valence-corrected chi connectivity index (χ1v) is 8.36. The van der Waals surface area contributed by atoms with Crippen LogP contribution in [0.15, 0.2) is 12.4 Å². The van der Waals surface area contributed by atoms with E-state index in [-0.39, 0.29) is 0 Å². The number of ether oxygens (including phenoxy) is 1. The molecule has 2 atom stereocenters. The molecule has 0 aromatic carbocycles. The Labute approximate surface area is 127 Å². The number of nitrogens with zero attached hydrogens (tertiary/aromatic N) is 3. The highest BCUT2D eigenvalue weighted by atomic mass is 16.5. The summed E-state index contributed by atoms with van der Waals surface area (Å²) in [6.07, 6.45) is 12.9. The average molecular weight is 289 g/mol. The van der Waals surface area contributed by atoms with Crippen molar-refractivity contribution < 1.29 is 4.74 Å². The van der Waals surface area contributed by atoms with Crippen LogP contribution in [0.1, 0.15) is 51.0 Å². The zero-order valence-corrected chi connectivity index (χ0v) is 13.3. The smallest absolute Gasteiger partial charge is 0.225 e. The number of anilines is 1. The number of aryl methyl sites for hydroxylation is 1. The summed E-state index contributed by atoms with van der Waals surface area (Å²) in [7, 11) is 1.87. The Balaban J connectivity index is 1.73. The van der Waals surface area contributed by atoms with E-state index in [9.17, 15) is 0 Å². The van der Waals surface area contributed by atoms with Crippen molar-refractivity contribution in [1.29, 1.82) is 0 Å². The van der Waals surface area contributed by atoms with Crippen molar-refractivity contribution in [2.24, 2.45) is 5.41 Å². The van der Waals surface area contributed by atoms with Gasteiger partial charge in [0, 0.05) is 38.0 Å². The molecule has 0 unspecified atom stereocenters. The molecule has 1 aliphatic heterocycles. The summed E-state index contributed by atoms with van der Waals surface area (Å²) in [6, 6.07) is 0. The second-order valence-corrected chi connectivity index (χ2v) is 6.65. The largest absolute Gasteiger partial charge is 0.381 e. The molecular formula is C17H27N3O. The average Bonchev–Trinajstić information content (AvgIpc) is 2.90. The molecule has 1 aromatic heterocycles. The number of hydrogen-bond acceptors (Lipinski definition) is 4. The summed E-state index contributed by atoms with van der Waals surface area (Å²) < 4.78 is 5.77. The lowest BCUT2D eigenvalue weighted by Crippen LogP contribution is -2.48.